The lowest BCUT2D eigenvalue weighted by Gasteiger charge is -2.22. The Kier molecular flexibility index (Phi) is 3.54. The quantitative estimate of drug-likeness (QED) is 0.503. The largest absolute Gasteiger partial charge is 0.398 e. The van der Waals surface area contributed by atoms with E-state index in [1.165, 1.54) is 18.2 Å². The van der Waals surface area contributed by atoms with Gasteiger partial charge in [0.1, 0.15) is 10.9 Å². The highest BCUT2D eigenvalue weighted by atomic mass is 32.2. The number of nitrogens with one attached hydrogen (secondary N) is 2. The second-order valence-corrected chi connectivity index (χ2v) is 5.85. The van der Waals surface area contributed by atoms with E-state index in [0.717, 1.165) is 0 Å². The summed E-state index contributed by atoms with van der Waals surface area (Å²) in [5.74, 6) is -1.05. The van der Waals surface area contributed by atoms with E-state index >= 15 is 0 Å². The Balaban J connectivity index is 2.21. The van der Waals surface area contributed by atoms with Crippen LogP contribution < -0.4 is 15.8 Å². The van der Waals surface area contributed by atoms with E-state index in [2.05, 4.69) is 10.0 Å². The van der Waals surface area contributed by atoms with Crippen molar-refractivity contribution in [2.24, 2.45) is 0 Å². The van der Waals surface area contributed by atoms with Crippen molar-refractivity contribution in [2.75, 3.05) is 5.73 Å². The first-order chi connectivity index (χ1) is 8.90. The zero-order valence-electron chi connectivity index (χ0n) is 9.92. The van der Waals surface area contributed by atoms with Gasteiger partial charge in [-0.15, -0.1) is 0 Å². The molecule has 1 aliphatic heterocycles. The number of benzene rings is 1. The molecule has 1 saturated heterocycles. The maximum atomic E-state index is 12.1. The van der Waals surface area contributed by atoms with E-state index in [4.69, 9.17) is 5.73 Å². The molecule has 102 valence electrons. The molecule has 0 bridgehead atoms. The average Bonchev–Trinajstić information content (AvgIpc) is 2.33. The highest BCUT2D eigenvalue weighted by molar-refractivity contribution is 7.89. The fourth-order valence-electron chi connectivity index (χ4n) is 1.78. The van der Waals surface area contributed by atoms with E-state index in [1.54, 1.807) is 6.07 Å². The van der Waals surface area contributed by atoms with Gasteiger partial charge >= 0.3 is 0 Å². The predicted molar refractivity (Wildman–Crippen MR) is 67.3 cm³/mol. The second kappa shape index (κ2) is 4.98. The van der Waals surface area contributed by atoms with Crippen molar-refractivity contribution in [2.45, 2.75) is 23.8 Å². The van der Waals surface area contributed by atoms with Crippen LogP contribution in [0.3, 0.4) is 0 Å². The number of hydrogen-bond donors (Lipinski definition) is 3. The number of para-hydroxylation sites is 1. The molecule has 1 atom stereocenters. The minimum atomic E-state index is -3.89. The number of rotatable bonds is 3. The molecule has 1 aromatic carbocycles. The Bertz CT molecular complexity index is 627. The van der Waals surface area contributed by atoms with Crippen LogP contribution in [0.1, 0.15) is 12.8 Å². The summed E-state index contributed by atoms with van der Waals surface area (Å²) in [7, 11) is -3.89. The molecule has 1 heterocycles. The van der Waals surface area contributed by atoms with Crippen LogP contribution in [0.4, 0.5) is 5.69 Å². The van der Waals surface area contributed by atoms with Gasteiger partial charge in [-0.25, -0.2) is 8.42 Å². The molecule has 0 saturated carbocycles. The third kappa shape index (κ3) is 2.91. The van der Waals surface area contributed by atoms with Crippen LogP contribution in [0, 0.1) is 0 Å². The number of nitrogen functional groups attached to an aromatic ring is 1. The third-order valence-electron chi connectivity index (χ3n) is 2.75. The van der Waals surface area contributed by atoms with E-state index in [-0.39, 0.29) is 23.4 Å². The Hall–Kier alpha value is -1.93. The van der Waals surface area contributed by atoms with E-state index in [9.17, 15) is 18.0 Å². The number of anilines is 1. The van der Waals surface area contributed by atoms with E-state index in [1.807, 2.05) is 0 Å². The van der Waals surface area contributed by atoms with Crippen LogP contribution >= 0.6 is 0 Å². The van der Waals surface area contributed by atoms with Gasteiger partial charge in [-0.05, 0) is 18.6 Å². The summed E-state index contributed by atoms with van der Waals surface area (Å²) in [4.78, 5) is 22.4. The van der Waals surface area contributed by atoms with Gasteiger partial charge in [0.15, 0.2) is 0 Å². The number of piperidine rings is 1. The van der Waals surface area contributed by atoms with Gasteiger partial charge in [-0.2, -0.15) is 4.72 Å². The summed E-state index contributed by atoms with van der Waals surface area (Å²) in [6.45, 7) is 0. The van der Waals surface area contributed by atoms with Gasteiger partial charge in [-0.1, -0.05) is 12.1 Å². The maximum absolute atomic E-state index is 12.1. The molecular formula is C11H13N3O4S. The Morgan fingerprint density at radius 3 is 2.58 bits per heavy atom. The fourth-order valence-corrected chi connectivity index (χ4v) is 3.14. The van der Waals surface area contributed by atoms with Crippen LogP contribution in [-0.2, 0) is 19.6 Å². The van der Waals surface area contributed by atoms with Crippen molar-refractivity contribution in [1.29, 1.82) is 0 Å². The van der Waals surface area contributed by atoms with Crippen LogP contribution in [-0.4, -0.2) is 26.3 Å². The fraction of sp³-hybridized carbons (Fsp3) is 0.273. The van der Waals surface area contributed by atoms with Gasteiger partial charge in [0.05, 0.1) is 5.69 Å². The number of carbonyl (C=O) groups excluding carboxylic acids is 2. The zero-order chi connectivity index (χ0) is 14.0. The molecule has 8 heteroatoms. The monoisotopic (exact) mass is 283 g/mol. The molecule has 0 aliphatic carbocycles. The van der Waals surface area contributed by atoms with E-state index in [0.29, 0.717) is 0 Å². The lowest BCUT2D eigenvalue weighted by atomic mass is 10.1. The first kappa shape index (κ1) is 13.5. The number of sulfonamides is 1. The molecule has 19 heavy (non-hydrogen) atoms. The topological polar surface area (TPSA) is 118 Å². The molecule has 7 nitrogen and oxygen atoms in total. The van der Waals surface area contributed by atoms with Crippen LogP contribution in [0.15, 0.2) is 29.2 Å². The summed E-state index contributed by atoms with van der Waals surface area (Å²) in [6.07, 6.45) is 0.236. The Morgan fingerprint density at radius 2 is 1.95 bits per heavy atom. The van der Waals surface area contributed by atoms with Crippen LogP contribution in [0.2, 0.25) is 0 Å². The highest BCUT2D eigenvalue weighted by Crippen LogP contribution is 2.18. The number of amides is 2. The number of carbonyl (C=O) groups is 2. The highest BCUT2D eigenvalue weighted by Gasteiger charge is 2.31. The molecule has 1 aromatic rings. The molecule has 0 radical (unpaired) electrons. The number of nitrogens with two attached hydrogens (primary N) is 1. The summed E-state index contributed by atoms with van der Waals surface area (Å²) >= 11 is 0. The maximum Gasteiger partial charge on any atom is 0.244 e. The SMILES string of the molecule is Nc1ccccc1S(=O)(=O)NC1CCC(=O)NC1=O. The van der Waals surface area contributed by atoms with Crippen molar-refractivity contribution in [3.63, 3.8) is 0 Å². The van der Waals surface area contributed by atoms with Crippen molar-refractivity contribution in [1.82, 2.24) is 10.0 Å². The van der Waals surface area contributed by atoms with E-state index < -0.39 is 27.9 Å². The van der Waals surface area contributed by atoms with Crippen molar-refractivity contribution >= 4 is 27.5 Å². The van der Waals surface area contributed by atoms with Gasteiger partial charge < -0.3 is 5.73 Å². The van der Waals surface area contributed by atoms with Gasteiger partial charge in [0, 0.05) is 6.42 Å². The molecule has 1 unspecified atom stereocenters. The van der Waals surface area contributed by atoms with Crippen molar-refractivity contribution in [3.8, 4) is 0 Å². The molecule has 0 aromatic heterocycles. The number of hydrogen-bond acceptors (Lipinski definition) is 5. The average molecular weight is 283 g/mol. The zero-order valence-corrected chi connectivity index (χ0v) is 10.7. The molecular weight excluding hydrogens is 270 g/mol. The standard InChI is InChI=1S/C11H13N3O4S/c12-7-3-1-2-4-9(7)19(17,18)14-8-5-6-10(15)13-11(8)16/h1-4,8,14H,5-6,12H2,(H,13,15,16). The minimum absolute atomic E-state index is 0.0836. The molecule has 2 amide bonds. The van der Waals surface area contributed by atoms with Gasteiger partial charge in [-0.3, -0.25) is 14.9 Å². The second-order valence-electron chi connectivity index (χ2n) is 4.16. The first-order valence-electron chi connectivity index (χ1n) is 5.61. The summed E-state index contributed by atoms with van der Waals surface area (Å²) in [5, 5.41) is 2.08. The van der Waals surface area contributed by atoms with Crippen molar-refractivity contribution < 1.29 is 18.0 Å². The summed E-state index contributed by atoms with van der Waals surface area (Å²) < 4.78 is 26.4. The van der Waals surface area contributed by atoms with Gasteiger partial charge in [0.25, 0.3) is 0 Å². The molecule has 0 spiro atoms. The Labute approximate surface area is 110 Å². The number of imide groups is 1. The smallest absolute Gasteiger partial charge is 0.244 e. The normalized spacial score (nSPS) is 20.1. The summed E-state index contributed by atoms with van der Waals surface area (Å²) in [6, 6.07) is 5.00. The van der Waals surface area contributed by atoms with Crippen molar-refractivity contribution in [3.05, 3.63) is 24.3 Å². The van der Waals surface area contributed by atoms with Gasteiger partial charge in [0.2, 0.25) is 21.8 Å². The molecule has 1 fully saturated rings. The Morgan fingerprint density at radius 1 is 1.26 bits per heavy atom. The molecule has 1 aliphatic rings. The third-order valence-corrected chi connectivity index (χ3v) is 4.29. The lowest BCUT2D eigenvalue weighted by molar-refractivity contribution is -0.134. The first-order valence-corrected chi connectivity index (χ1v) is 7.09. The predicted octanol–water partition coefficient (Wildman–Crippen LogP) is -0.648. The molecule has 2 rings (SSSR count). The minimum Gasteiger partial charge on any atom is -0.398 e. The molecule has 4 N–H and O–H groups in total. The lowest BCUT2D eigenvalue weighted by Crippen LogP contribution is -2.52. The van der Waals surface area contributed by atoms with Crippen LogP contribution in [0.5, 0.6) is 0 Å². The van der Waals surface area contributed by atoms with Crippen LogP contribution in [0.25, 0.3) is 0 Å². The summed E-state index contributed by atoms with van der Waals surface area (Å²) in [5.41, 5.74) is 5.69.